The molecular weight excluding hydrogens is 254 g/mol. The van der Waals surface area contributed by atoms with E-state index in [0.29, 0.717) is 0 Å². The molecule has 1 saturated carbocycles. The fourth-order valence-electron chi connectivity index (χ4n) is 2.39. The molecule has 2 rings (SSSR count). The van der Waals surface area contributed by atoms with E-state index in [-0.39, 0.29) is 5.41 Å². The molecule has 0 aliphatic heterocycles. The van der Waals surface area contributed by atoms with Crippen molar-refractivity contribution < 1.29 is 0 Å². The number of nitrogens with zero attached hydrogens (tertiary/aromatic N) is 2. The van der Waals surface area contributed by atoms with Crippen molar-refractivity contribution in [2.75, 3.05) is 18.5 Å². The molecule has 3 nitrogen and oxygen atoms in total. The topological polar surface area (TPSA) is 28.2 Å². The van der Waals surface area contributed by atoms with Crippen LogP contribution in [-0.2, 0) is 12.0 Å². The second-order valence-electron chi connectivity index (χ2n) is 6.47. The van der Waals surface area contributed by atoms with Gasteiger partial charge in [0.25, 0.3) is 0 Å². The lowest BCUT2D eigenvalue weighted by atomic mass is 9.91. The Morgan fingerprint density at radius 1 is 1.37 bits per heavy atom. The van der Waals surface area contributed by atoms with E-state index < -0.39 is 0 Å². The first-order chi connectivity index (χ1) is 8.97. The number of aromatic nitrogens is 1. The minimum absolute atomic E-state index is 0.127. The lowest BCUT2D eigenvalue weighted by molar-refractivity contribution is 0.562. The summed E-state index contributed by atoms with van der Waals surface area (Å²) in [7, 11) is 2.01. The fourth-order valence-corrected chi connectivity index (χ4v) is 3.77. The van der Waals surface area contributed by atoms with Crippen LogP contribution in [0.25, 0.3) is 0 Å². The minimum Gasteiger partial charge on any atom is -0.345 e. The van der Waals surface area contributed by atoms with Crippen molar-refractivity contribution in [3.05, 3.63) is 10.6 Å². The third-order valence-corrected chi connectivity index (χ3v) is 4.52. The second kappa shape index (κ2) is 5.80. The van der Waals surface area contributed by atoms with Crippen LogP contribution in [0.2, 0.25) is 0 Å². The number of thiazole rings is 1. The van der Waals surface area contributed by atoms with Crippen LogP contribution in [0.5, 0.6) is 0 Å². The number of nitrogens with one attached hydrogen (secondary N) is 1. The van der Waals surface area contributed by atoms with E-state index in [1.807, 2.05) is 18.4 Å². The van der Waals surface area contributed by atoms with E-state index in [2.05, 4.69) is 37.9 Å². The SMILES string of the molecule is CCCN(c1nc(C(C)(C)C)c(CNC)s1)C1CC1. The summed E-state index contributed by atoms with van der Waals surface area (Å²) in [6, 6.07) is 0.751. The van der Waals surface area contributed by atoms with Crippen molar-refractivity contribution in [1.29, 1.82) is 0 Å². The molecule has 1 aliphatic carbocycles. The second-order valence-corrected chi connectivity index (χ2v) is 7.54. The van der Waals surface area contributed by atoms with Gasteiger partial charge in [0.05, 0.1) is 5.69 Å². The molecule has 0 aromatic carbocycles. The van der Waals surface area contributed by atoms with E-state index in [9.17, 15) is 0 Å². The molecule has 0 atom stereocenters. The van der Waals surface area contributed by atoms with Gasteiger partial charge in [-0.2, -0.15) is 0 Å². The van der Waals surface area contributed by atoms with Crippen LogP contribution in [-0.4, -0.2) is 24.6 Å². The highest BCUT2D eigenvalue weighted by atomic mass is 32.1. The van der Waals surface area contributed by atoms with Gasteiger partial charge in [0.2, 0.25) is 0 Å². The van der Waals surface area contributed by atoms with Crippen LogP contribution >= 0.6 is 11.3 Å². The first-order valence-electron chi connectivity index (χ1n) is 7.38. The van der Waals surface area contributed by atoms with Gasteiger partial charge in [0, 0.05) is 29.4 Å². The Labute approximate surface area is 121 Å². The summed E-state index contributed by atoms with van der Waals surface area (Å²) in [5.74, 6) is 0. The van der Waals surface area contributed by atoms with Crippen LogP contribution in [0, 0.1) is 0 Å². The van der Waals surface area contributed by atoms with Crippen LogP contribution < -0.4 is 10.2 Å². The smallest absolute Gasteiger partial charge is 0.186 e. The highest BCUT2D eigenvalue weighted by Crippen LogP contribution is 2.38. The van der Waals surface area contributed by atoms with Gasteiger partial charge in [-0.1, -0.05) is 27.7 Å². The molecule has 0 spiro atoms. The highest BCUT2D eigenvalue weighted by molar-refractivity contribution is 7.15. The van der Waals surface area contributed by atoms with Gasteiger partial charge in [0.1, 0.15) is 0 Å². The van der Waals surface area contributed by atoms with Gasteiger partial charge in [-0.3, -0.25) is 0 Å². The largest absolute Gasteiger partial charge is 0.345 e. The maximum absolute atomic E-state index is 4.98. The van der Waals surface area contributed by atoms with E-state index in [1.165, 1.54) is 35.0 Å². The summed E-state index contributed by atoms with van der Waals surface area (Å²) in [6.07, 6.45) is 3.87. The van der Waals surface area contributed by atoms with E-state index in [0.717, 1.165) is 19.1 Å². The highest BCUT2D eigenvalue weighted by Gasteiger charge is 2.32. The normalized spacial score (nSPS) is 15.8. The molecule has 108 valence electrons. The number of anilines is 1. The molecule has 1 aromatic heterocycles. The van der Waals surface area contributed by atoms with Crippen molar-refractivity contribution in [1.82, 2.24) is 10.3 Å². The third-order valence-electron chi connectivity index (χ3n) is 3.43. The summed E-state index contributed by atoms with van der Waals surface area (Å²) in [5, 5.41) is 4.51. The van der Waals surface area contributed by atoms with Gasteiger partial charge in [-0.15, -0.1) is 11.3 Å². The summed E-state index contributed by atoms with van der Waals surface area (Å²) < 4.78 is 0. The first-order valence-corrected chi connectivity index (χ1v) is 8.20. The standard InChI is InChI=1S/C15H27N3S/c1-6-9-18(11-7-8-11)14-17-13(15(2,3)4)12(19-14)10-16-5/h11,16H,6-10H2,1-5H3. The number of hydrogen-bond acceptors (Lipinski definition) is 4. The quantitative estimate of drug-likeness (QED) is 0.864. The molecule has 4 heteroatoms. The fraction of sp³-hybridized carbons (Fsp3) is 0.800. The van der Waals surface area contributed by atoms with Crippen molar-refractivity contribution in [2.45, 2.75) is 65.0 Å². The molecule has 1 aromatic rings. The van der Waals surface area contributed by atoms with E-state index in [4.69, 9.17) is 4.98 Å². The van der Waals surface area contributed by atoms with Gasteiger partial charge in [0.15, 0.2) is 5.13 Å². The number of rotatable bonds is 6. The molecule has 0 bridgehead atoms. The predicted molar refractivity (Wildman–Crippen MR) is 84.2 cm³/mol. The van der Waals surface area contributed by atoms with Gasteiger partial charge < -0.3 is 10.2 Å². The Bertz CT molecular complexity index is 416. The molecule has 1 fully saturated rings. The first kappa shape index (κ1) is 14.8. The van der Waals surface area contributed by atoms with Crippen LogP contribution in [0.3, 0.4) is 0 Å². The average Bonchev–Trinajstić information content (AvgIpc) is 3.06. The molecule has 19 heavy (non-hydrogen) atoms. The summed E-state index contributed by atoms with van der Waals surface area (Å²) in [6.45, 7) is 11.1. The lowest BCUT2D eigenvalue weighted by Crippen LogP contribution is -2.26. The Hall–Kier alpha value is -0.610. The zero-order chi connectivity index (χ0) is 14.0. The van der Waals surface area contributed by atoms with Gasteiger partial charge in [-0.25, -0.2) is 4.98 Å². The Morgan fingerprint density at radius 3 is 2.53 bits per heavy atom. The Morgan fingerprint density at radius 2 is 2.05 bits per heavy atom. The summed E-state index contributed by atoms with van der Waals surface area (Å²) in [4.78, 5) is 8.91. The van der Waals surface area contributed by atoms with E-state index >= 15 is 0 Å². The average molecular weight is 281 g/mol. The van der Waals surface area contributed by atoms with Crippen molar-refractivity contribution in [2.24, 2.45) is 0 Å². The molecule has 0 saturated heterocycles. The molecule has 0 amide bonds. The minimum atomic E-state index is 0.127. The summed E-state index contributed by atoms with van der Waals surface area (Å²) in [5.41, 5.74) is 1.39. The Kier molecular flexibility index (Phi) is 4.51. The lowest BCUT2D eigenvalue weighted by Gasteiger charge is -2.21. The van der Waals surface area contributed by atoms with E-state index in [1.54, 1.807) is 0 Å². The predicted octanol–water partition coefficient (Wildman–Crippen LogP) is 3.54. The molecule has 0 radical (unpaired) electrons. The van der Waals surface area contributed by atoms with Gasteiger partial charge >= 0.3 is 0 Å². The molecule has 0 unspecified atom stereocenters. The maximum atomic E-state index is 4.98. The zero-order valence-corrected chi connectivity index (χ0v) is 13.7. The molecular formula is C15H27N3S. The molecule has 1 aliphatic rings. The molecule has 1 heterocycles. The van der Waals surface area contributed by atoms with Crippen molar-refractivity contribution >= 4 is 16.5 Å². The zero-order valence-electron chi connectivity index (χ0n) is 12.9. The van der Waals surface area contributed by atoms with Crippen molar-refractivity contribution in [3.8, 4) is 0 Å². The molecule has 1 N–H and O–H groups in total. The number of hydrogen-bond donors (Lipinski definition) is 1. The van der Waals surface area contributed by atoms with Crippen LogP contribution in [0.4, 0.5) is 5.13 Å². The van der Waals surface area contributed by atoms with Crippen LogP contribution in [0.15, 0.2) is 0 Å². The van der Waals surface area contributed by atoms with Gasteiger partial charge in [-0.05, 0) is 26.3 Å². The monoisotopic (exact) mass is 281 g/mol. The maximum Gasteiger partial charge on any atom is 0.186 e. The van der Waals surface area contributed by atoms with Crippen LogP contribution in [0.1, 0.15) is 57.5 Å². The Balaban J connectivity index is 2.30. The third kappa shape index (κ3) is 3.48. The summed E-state index contributed by atoms with van der Waals surface area (Å²) >= 11 is 1.88. The van der Waals surface area contributed by atoms with Crippen molar-refractivity contribution in [3.63, 3.8) is 0 Å².